The number of hydrogen-bond acceptors (Lipinski definition) is 6. The van der Waals surface area contributed by atoms with E-state index in [9.17, 15) is 9.59 Å². The third-order valence-electron chi connectivity index (χ3n) is 4.92. The Morgan fingerprint density at radius 3 is 2.63 bits per heavy atom. The molecule has 0 aliphatic heterocycles. The lowest BCUT2D eigenvalue weighted by atomic mass is 10.0. The summed E-state index contributed by atoms with van der Waals surface area (Å²) in [4.78, 5) is 25.5. The Morgan fingerprint density at radius 1 is 1.13 bits per heavy atom. The number of aryl methyl sites for hydroxylation is 2. The van der Waals surface area contributed by atoms with Gasteiger partial charge in [0.2, 0.25) is 11.0 Å². The molecule has 0 spiro atoms. The highest BCUT2D eigenvalue weighted by Gasteiger charge is 2.23. The van der Waals surface area contributed by atoms with Crippen LogP contribution in [0.4, 0.5) is 5.13 Å². The number of anilines is 1. The van der Waals surface area contributed by atoms with Crippen molar-refractivity contribution in [3.8, 4) is 10.6 Å². The topological polar surface area (TPSA) is 89.8 Å². The van der Waals surface area contributed by atoms with Crippen molar-refractivity contribution in [2.45, 2.75) is 33.2 Å². The minimum atomic E-state index is -0.570. The fourth-order valence-corrected chi connectivity index (χ4v) is 4.04. The zero-order valence-corrected chi connectivity index (χ0v) is 17.7. The molecule has 0 bridgehead atoms. The van der Waals surface area contributed by atoms with Crippen LogP contribution in [0.5, 0.6) is 0 Å². The summed E-state index contributed by atoms with van der Waals surface area (Å²) in [6.45, 7) is 6.08. The molecular formula is C22H21N5O2S. The summed E-state index contributed by atoms with van der Waals surface area (Å²) in [7, 11) is 0. The van der Waals surface area contributed by atoms with Crippen molar-refractivity contribution in [3.63, 3.8) is 0 Å². The van der Waals surface area contributed by atoms with Gasteiger partial charge in [-0.05, 0) is 32.9 Å². The summed E-state index contributed by atoms with van der Waals surface area (Å²) in [5.41, 5.74) is 2.50. The predicted octanol–water partition coefficient (Wildman–Crippen LogP) is 3.99. The van der Waals surface area contributed by atoms with E-state index in [1.807, 2.05) is 56.3 Å². The van der Waals surface area contributed by atoms with Gasteiger partial charge in [0.05, 0.1) is 17.0 Å². The third-order valence-corrected chi connectivity index (χ3v) is 5.81. The summed E-state index contributed by atoms with van der Waals surface area (Å²) in [6, 6.07) is 15.2. The quantitative estimate of drug-likeness (QED) is 0.528. The van der Waals surface area contributed by atoms with Gasteiger partial charge in [0.25, 0.3) is 5.56 Å². The summed E-state index contributed by atoms with van der Waals surface area (Å²) in [5.74, 6) is -0.819. The van der Waals surface area contributed by atoms with Gasteiger partial charge in [0, 0.05) is 17.5 Å². The van der Waals surface area contributed by atoms with E-state index in [1.54, 1.807) is 13.0 Å². The van der Waals surface area contributed by atoms with E-state index in [0.717, 1.165) is 16.1 Å². The number of carbonyl (C=O) groups is 1. The van der Waals surface area contributed by atoms with Crippen molar-refractivity contribution in [1.29, 1.82) is 0 Å². The molecule has 4 rings (SSSR count). The number of nitrogens with zero attached hydrogens (tertiary/aromatic N) is 4. The van der Waals surface area contributed by atoms with Crippen molar-refractivity contribution in [3.05, 3.63) is 70.1 Å². The molecular weight excluding hydrogens is 398 g/mol. The number of aromatic nitrogens is 4. The van der Waals surface area contributed by atoms with Crippen molar-refractivity contribution >= 4 is 33.1 Å². The highest BCUT2D eigenvalue weighted by Crippen LogP contribution is 2.28. The second-order valence-electron chi connectivity index (χ2n) is 7.04. The van der Waals surface area contributed by atoms with E-state index in [-0.39, 0.29) is 11.5 Å². The van der Waals surface area contributed by atoms with Crippen molar-refractivity contribution in [2.75, 3.05) is 5.32 Å². The summed E-state index contributed by atoms with van der Waals surface area (Å²) >= 11 is 1.32. The van der Waals surface area contributed by atoms with E-state index in [2.05, 4.69) is 20.6 Å². The predicted molar refractivity (Wildman–Crippen MR) is 119 cm³/mol. The van der Waals surface area contributed by atoms with Crippen LogP contribution in [-0.4, -0.2) is 25.9 Å². The van der Waals surface area contributed by atoms with Crippen LogP contribution in [0.1, 0.15) is 31.0 Å². The highest BCUT2D eigenvalue weighted by atomic mass is 32.1. The van der Waals surface area contributed by atoms with Crippen LogP contribution in [-0.2, 0) is 11.3 Å². The number of nitrogens with one attached hydrogen (secondary N) is 1. The minimum Gasteiger partial charge on any atom is -0.300 e. The molecule has 1 atom stereocenters. The fourth-order valence-electron chi connectivity index (χ4n) is 3.30. The molecule has 8 heteroatoms. The van der Waals surface area contributed by atoms with E-state index < -0.39 is 5.92 Å². The second kappa shape index (κ2) is 8.16. The second-order valence-corrected chi connectivity index (χ2v) is 8.02. The molecule has 2 aromatic carbocycles. The molecule has 152 valence electrons. The van der Waals surface area contributed by atoms with Gasteiger partial charge in [0.1, 0.15) is 5.01 Å². The number of carbonyl (C=O) groups excluding carboxylic acids is 1. The number of benzene rings is 2. The first-order chi connectivity index (χ1) is 14.5. The van der Waals surface area contributed by atoms with Gasteiger partial charge < -0.3 is 0 Å². The monoisotopic (exact) mass is 419 g/mol. The Hall–Kier alpha value is -3.39. The minimum absolute atomic E-state index is 0.156. The zero-order chi connectivity index (χ0) is 21.3. The largest absolute Gasteiger partial charge is 0.300 e. The Morgan fingerprint density at radius 2 is 1.90 bits per heavy atom. The molecule has 2 aromatic heterocycles. The van der Waals surface area contributed by atoms with Crippen LogP contribution in [0.25, 0.3) is 21.3 Å². The zero-order valence-electron chi connectivity index (χ0n) is 16.9. The molecule has 0 aliphatic carbocycles. The van der Waals surface area contributed by atoms with E-state index >= 15 is 0 Å². The van der Waals surface area contributed by atoms with Gasteiger partial charge in [0.15, 0.2) is 0 Å². The third kappa shape index (κ3) is 3.73. The summed E-state index contributed by atoms with van der Waals surface area (Å²) < 4.78 is 1.39. The SMILES string of the molecule is CCn1nc([C@@H](C)C(=O)Nc2nnc(-c3cccc(C)c3)s2)c2ccccc2c1=O. The van der Waals surface area contributed by atoms with Gasteiger partial charge in [-0.25, -0.2) is 4.68 Å². The van der Waals surface area contributed by atoms with Crippen LogP contribution < -0.4 is 10.9 Å². The fraction of sp³-hybridized carbons (Fsp3) is 0.227. The molecule has 7 nitrogen and oxygen atoms in total. The Labute approximate surface area is 177 Å². The van der Waals surface area contributed by atoms with Gasteiger partial charge in [-0.3, -0.25) is 14.9 Å². The van der Waals surface area contributed by atoms with Crippen LogP contribution in [0.3, 0.4) is 0 Å². The molecule has 30 heavy (non-hydrogen) atoms. The molecule has 1 amide bonds. The molecule has 4 aromatic rings. The molecule has 0 saturated heterocycles. The number of hydrogen-bond donors (Lipinski definition) is 1. The Kier molecular flexibility index (Phi) is 5.41. The number of rotatable bonds is 5. The maximum absolute atomic E-state index is 12.9. The lowest BCUT2D eigenvalue weighted by Gasteiger charge is -2.14. The standard InChI is InChI=1S/C22H21N5O2S/c1-4-27-21(29)17-11-6-5-10-16(17)18(26-27)14(3)19(28)23-22-25-24-20(30-22)15-9-7-8-13(2)12-15/h5-12,14H,4H2,1-3H3,(H,23,25,28)/t14-/m1/s1. The van der Waals surface area contributed by atoms with Crippen molar-refractivity contribution in [1.82, 2.24) is 20.0 Å². The van der Waals surface area contributed by atoms with Crippen LogP contribution >= 0.6 is 11.3 Å². The van der Waals surface area contributed by atoms with E-state index in [1.165, 1.54) is 16.0 Å². The average Bonchev–Trinajstić information content (AvgIpc) is 3.22. The molecule has 0 unspecified atom stereocenters. The highest BCUT2D eigenvalue weighted by molar-refractivity contribution is 7.18. The molecule has 0 fully saturated rings. The van der Waals surface area contributed by atoms with Gasteiger partial charge in [-0.15, -0.1) is 10.2 Å². The van der Waals surface area contributed by atoms with E-state index in [0.29, 0.717) is 28.1 Å². The first-order valence-corrected chi connectivity index (χ1v) is 10.5. The maximum atomic E-state index is 12.9. The van der Waals surface area contributed by atoms with Crippen molar-refractivity contribution in [2.24, 2.45) is 0 Å². The summed E-state index contributed by atoms with van der Waals surface area (Å²) in [5, 5.41) is 18.0. The van der Waals surface area contributed by atoms with Gasteiger partial charge in [-0.1, -0.05) is 53.3 Å². The number of amides is 1. The Balaban J connectivity index is 1.62. The van der Waals surface area contributed by atoms with Gasteiger partial charge in [-0.2, -0.15) is 5.10 Å². The maximum Gasteiger partial charge on any atom is 0.274 e. The average molecular weight is 420 g/mol. The number of fused-ring (bicyclic) bond motifs is 1. The normalized spacial score (nSPS) is 12.1. The molecule has 0 saturated carbocycles. The first kappa shape index (κ1) is 19.9. The lowest BCUT2D eigenvalue weighted by molar-refractivity contribution is -0.117. The van der Waals surface area contributed by atoms with Crippen LogP contribution in [0.2, 0.25) is 0 Å². The summed E-state index contributed by atoms with van der Waals surface area (Å²) in [6.07, 6.45) is 0. The smallest absolute Gasteiger partial charge is 0.274 e. The molecule has 0 aliphatic rings. The van der Waals surface area contributed by atoms with Crippen molar-refractivity contribution < 1.29 is 4.79 Å². The van der Waals surface area contributed by atoms with Crippen LogP contribution in [0, 0.1) is 6.92 Å². The first-order valence-electron chi connectivity index (χ1n) is 9.69. The Bertz CT molecular complexity index is 1290. The lowest BCUT2D eigenvalue weighted by Crippen LogP contribution is -2.27. The molecule has 2 heterocycles. The molecule has 1 N–H and O–H groups in total. The van der Waals surface area contributed by atoms with E-state index in [4.69, 9.17) is 0 Å². The molecule has 0 radical (unpaired) electrons. The van der Waals surface area contributed by atoms with Crippen LogP contribution in [0.15, 0.2) is 53.3 Å². The van der Waals surface area contributed by atoms with Gasteiger partial charge >= 0.3 is 0 Å².